The van der Waals surface area contributed by atoms with Crippen LogP contribution in [0.25, 0.3) is 0 Å². The van der Waals surface area contributed by atoms with Crippen molar-refractivity contribution in [2.45, 2.75) is 41.5 Å². The number of hydrogen-bond acceptors (Lipinski definition) is 0. The van der Waals surface area contributed by atoms with E-state index in [0.29, 0.717) is 0 Å². The van der Waals surface area contributed by atoms with E-state index >= 15 is 0 Å². The maximum absolute atomic E-state index is 3.65. The van der Waals surface area contributed by atoms with Crippen LogP contribution in [0.1, 0.15) is 41.5 Å². The van der Waals surface area contributed by atoms with Crippen molar-refractivity contribution in [2.75, 3.05) is 0 Å². The summed E-state index contributed by atoms with van der Waals surface area (Å²) >= 11 is 0. The number of allylic oxidation sites excluding steroid dienone is 7. The molecule has 0 aromatic heterocycles. The molecule has 0 N–H and O–H groups in total. The Labute approximate surface area is 105 Å². The van der Waals surface area contributed by atoms with Crippen LogP contribution in [0.2, 0.25) is 0 Å². The maximum Gasteiger partial charge on any atom is 0.00748 e. The molecule has 0 atom stereocenters. The molecular weight excluding hydrogens is 204 g/mol. The first kappa shape index (κ1) is 12.2. The molecule has 0 spiro atoms. The first-order chi connectivity index (χ1) is 7.69. The lowest BCUT2D eigenvalue weighted by atomic mass is 9.75. The molecule has 0 heterocycles. The van der Waals surface area contributed by atoms with Gasteiger partial charge < -0.3 is 0 Å². The van der Waals surface area contributed by atoms with E-state index < -0.39 is 0 Å². The van der Waals surface area contributed by atoms with Gasteiger partial charge in [0.05, 0.1) is 0 Å². The third kappa shape index (κ3) is 2.23. The zero-order valence-electron chi connectivity index (χ0n) is 11.8. The number of rotatable bonds is 0. The fourth-order valence-electron chi connectivity index (χ4n) is 2.18. The van der Waals surface area contributed by atoms with Crippen LogP contribution < -0.4 is 0 Å². The van der Waals surface area contributed by atoms with E-state index in [1.165, 1.54) is 22.3 Å². The minimum absolute atomic E-state index is 0.147. The van der Waals surface area contributed by atoms with Gasteiger partial charge in [-0.15, -0.1) is 5.73 Å². The summed E-state index contributed by atoms with van der Waals surface area (Å²) in [4.78, 5) is 0. The van der Waals surface area contributed by atoms with Crippen molar-refractivity contribution in [1.82, 2.24) is 0 Å². The van der Waals surface area contributed by atoms with Gasteiger partial charge in [-0.3, -0.25) is 0 Å². The molecule has 2 aliphatic rings. The molecule has 0 aromatic rings. The molecule has 2 aliphatic carbocycles. The second kappa shape index (κ2) is 3.62. The third-order valence-corrected chi connectivity index (χ3v) is 3.24. The Bertz CT molecular complexity index is 499. The van der Waals surface area contributed by atoms with Crippen molar-refractivity contribution < 1.29 is 0 Å². The van der Waals surface area contributed by atoms with Gasteiger partial charge in [0.1, 0.15) is 0 Å². The Hall–Kier alpha value is -1.26. The molecule has 90 valence electrons. The van der Waals surface area contributed by atoms with Crippen LogP contribution in [0.15, 0.2) is 52.3 Å². The average Bonchev–Trinajstić information content (AvgIpc) is 2.59. The van der Waals surface area contributed by atoms with Gasteiger partial charge in [-0.2, -0.15) is 0 Å². The summed E-state index contributed by atoms with van der Waals surface area (Å²) in [5.41, 5.74) is 9.30. The fourth-order valence-corrected chi connectivity index (χ4v) is 2.18. The average molecular weight is 226 g/mol. The zero-order valence-corrected chi connectivity index (χ0v) is 11.8. The van der Waals surface area contributed by atoms with E-state index in [1.807, 2.05) is 0 Å². The van der Waals surface area contributed by atoms with Gasteiger partial charge in [-0.05, 0) is 28.1 Å². The normalized spacial score (nSPS) is 19.4. The maximum atomic E-state index is 3.65. The van der Waals surface area contributed by atoms with Crippen molar-refractivity contribution >= 4 is 0 Å². The lowest BCUT2D eigenvalue weighted by Gasteiger charge is -2.29. The fraction of sp³-hybridized carbons (Fsp3) is 0.471. The van der Waals surface area contributed by atoms with Gasteiger partial charge in [0.15, 0.2) is 0 Å². The predicted molar refractivity (Wildman–Crippen MR) is 74.8 cm³/mol. The smallest absolute Gasteiger partial charge is 0.00748 e. The monoisotopic (exact) mass is 226 g/mol. The van der Waals surface area contributed by atoms with Crippen molar-refractivity contribution in [2.24, 2.45) is 10.8 Å². The highest BCUT2D eigenvalue weighted by atomic mass is 14.3. The van der Waals surface area contributed by atoms with E-state index in [0.717, 1.165) is 0 Å². The van der Waals surface area contributed by atoms with Crippen LogP contribution in [-0.2, 0) is 0 Å². The van der Waals surface area contributed by atoms with Crippen molar-refractivity contribution in [3.8, 4) is 0 Å². The van der Waals surface area contributed by atoms with Gasteiger partial charge in [0.2, 0.25) is 0 Å². The minimum Gasteiger partial charge on any atom is -0.112 e. The Kier molecular flexibility index (Phi) is 2.60. The molecule has 0 aromatic carbocycles. The molecule has 0 saturated carbocycles. The molecular formula is C17H22. The molecule has 0 amide bonds. The Morgan fingerprint density at radius 1 is 0.941 bits per heavy atom. The summed E-state index contributed by atoms with van der Waals surface area (Å²) in [6.45, 7) is 13.5. The second-order valence-electron chi connectivity index (χ2n) is 6.95. The van der Waals surface area contributed by atoms with Crippen LogP contribution >= 0.6 is 0 Å². The van der Waals surface area contributed by atoms with Gasteiger partial charge in [-0.25, -0.2) is 0 Å². The number of fused-ring (bicyclic) bond motifs is 1. The summed E-state index contributed by atoms with van der Waals surface area (Å²) in [6, 6.07) is 0. The molecule has 0 heteroatoms. The van der Waals surface area contributed by atoms with E-state index in [1.54, 1.807) is 0 Å². The van der Waals surface area contributed by atoms with Crippen LogP contribution in [0.5, 0.6) is 0 Å². The standard InChI is InChI=1S/C17H22/c1-16(2,3)13-10-12-8-7-9-14(12)15(11-13)17(4,5)6/h7-10H,1-6H3. The van der Waals surface area contributed by atoms with Crippen LogP contribution in [0, 0.1) is 10.8 Å². The first-order valence-electron chi connectivity index (χ1n) is 6.32. The zero-order chi connectivity index (χ0) is 12.8. The molecule has 2 rings (SSSR count). The Morgan fingerprint density at radius 2 is 1.59 bits per heavy atom. The highest BCUT2D eigenvalue weighted by Gasteiger charge is 2.28. The summed E-state index contributed by atoms with van der Waals surface area (Å²) < 4.78 is 0. The van der Waals surface area contributed by atoms with Gasteiger partial charge in [0.25, 0.3) is 0 Å². The van der Waals surface area contributed by atoms with Crippen molar-refractivity contribution in [3.05, 3.63) is 52.3 Å². The number of hydrogen-bond donors (Lipinski definition) is 0. The predicted octanol–water partition coefficient (Wildman–Crippen LogP) is 4.97. The molecule has 0 unspecified atom stereocenters. The lowest BCUT2D eigenvalue weighted by molar-refractivity contribution is 0.498. The summed E-state index contributed by atoms with van der Waals surface area (Å²) in [6.07, 6.45) is 8.83. The van der Waals surface area contributed by atoms with Gasteiger partial charge in [0, 0.05) is 11.1 Å². The van der Waals surface area contributed by atoms with Crippen molar-refractivity contribution in [3.63, 3.8) is 0 Å². The SMILES string of the molecule is CC(C)(C)C1=C=C(C(C)(C)C)C2=CC=CC2=C1. The quantitative estimate of drug-likeness (QED) is 0.512. The van der Waals surface area contributed by atoms with Crippen LogP contribution in [-0.4, -0.2) is 0 Å². The van der Waals surface area contributed by atoms with Crippen LogP contribution in [0.4, 0.5) is 0 Å². The van der Waals surface area contributed by atoms with Crippen LogP contribution in [0.3, 0.4) is 0 Å². The summed E-state index contributed by atoms with van der Waals surface area (Å²) in [7, 11) is 0. The molecule has 17 heavy (non-hydrogen) atoms. The topological polar surface area (TPSA) is 0 Å². The minimum atomic E-state index is 0.147. The molecule has 0 radical (unpaired) electrons. The highest BCUT2D eigenvalue weighted by molar-refractivity contribution is 5.64. The summed E-state index contributed by atoms with van der Waals surface area (Å²) in [5, 5.41) is 0. The Morgan fingerprint density at radius 3 is 2.12 bits per heavy atom. The molecule has 0 saturated heterocycles. The summed E-state index contributed by atoms with van der Waals surface area (Å²) in [5.74, 6) is 0. The largest absolute Gasteiger partial charge is 0.112 e. The highest BCUT2D eigenvalue weighted by Crippen LogP contribution is 2.42. The van der Waals surface area contributed by atoms with Gasteiger partial charge >= 0.3 is 0 Å². The molecule has 0 fully saturated rings. The Balaban J connectivity index is 2.66. The molecule has 0 nitrogen and oxygen atoms in total. The second-order valence-corrected chi connectivity index (χ2v) is 6.95. The van der Waals surface area contributed by atoms with Gasteiger partial charge in [-0.1, -0.05) is 59.8 Å². The van der Waals surface area contributed by atoms with E-state index in [-0.39, 0.29) is 10.8 Å². The third-order valence-electron chi connectivity index (χ3n) is 3.24. The first-order valence-corrected chi connectivity index (χ1v) is 6.32. The molecule has 0 bridgehead atoms. The van der Waals surface area contributed by atoms with E-state index in [9.17, 15) is 0 Å². The van der Waals surface area contributed by atoms with Crippen molar-refractivity contribution in [1.29, 1.82) is 0 Å². The molecule has 0 aliphatic heterocycles. The van der Waals surface area contributed by atoms with E-state index in [4.69, 9.17) is 0 Å². The van der Waals surface area contributed by atoms with E-state index in [2.05, 4.69) is 71.6 Å². The lowest BCUT2D eigenvalue weighted by Crippen LogP contribution is -2.16.